The van der Waals surface area contributed by atoms with Crippen molar-refractivity contribution >= 4 is 23.2 Å². The van der Waals surface area contributed by atoms with Gasteiger partial charge in [0.1, 0.15) is 5.82 Å². The normalized spacial score (nSPS) is 10.5. The molecular formula is C12H12ClN3O. The maximum absolute atomic E-state index is 12.2. The van der Waals surface area contributed by atoms with Gasteiger partial charge in [-0.05, 0) is 18.2 Å². The minimum absolute atomic E-state index is 0.211. The number of rotatable bonds is 2. The van der Waals surface area contributed by atoms with E-state index in [4.69, 9.17) is 17.3 Å². The molecule has 0 saturated heterocycles. The molecule has 4 nitrogen and oxygen atoms in total. The maximum Gasteiger partial charge on any atom is 0.264 e. The Balaban J connectivity index is 2.47. The topological polar surface area (TPSA) is 60.9 Å². The fourth-order valence-electron chi connectivity index (χ4n) is 1.62. The molecule has 0 aliphatic carbocycles. The molecule has 0 spiro atoms. The van der Waals surface area contributed by atoms with E-state index < -0.39 is 0 Å². The first-order valence-electron chi connectivity index (χ1n) is 5.25. The Hall–Kier alpha value is -1.81. The number of anilines is 1. The van der Waals surface area contributed by atoms with Crippen molar-refractivity contribution in [3.8, 4) is 0 Å². The van der Waals surface area contributed by atoms with Gasteiger partial charge in [0.15, 0.2) is 0 Å². The molecule has 88 valence electrons. The molecule has 1 aromatic carbocycles. The van der Waals surface area contributed by atoms with Gasteiger partial charge in [-0.2, -0.15) is 0 Å². The molecule has 0 aliphatic rings. The van der Waals surface area contributed by atoms with Crippen molar-refractivity contribution in [2.45, 2.75) is 13.3 Å². The molecule has 0 fully saturated rings. The van der Waals surface area contributed by atoms with E-state index in [9.17, 15) is 4.79 Å². The fraction of sp³-hybridized carbons (Fsp3) is 0.167. The van der Waals surface area contributed by atoms with Crippen molar-refractivity contribution in [3.63, 3.8) is 0 Å². The number of halogens is 1. The Kier molecular flexibility index (Phi) is 3.15. The van der Waals surface area contributed by atoms with Gasteiger partial charge in [0, 0.05) is 24.5 Å². The van der Waals surface area contributed by atoms with Crippen LogP contribution >= 0.6 is 11.6 Å². The van der Waals surface area contributed by atoms with Crippen molar-refractivity contribution in [2.75, 3.05) is 5.73 Å². The Morgan fingerprint density at radius 3 is 3.00 bits per heavy atom. The van der Waals surface area contributed by atoms with Crippen LogP contribution in [0.1, 0.15) is 23.1 Å². The van der Waals surface area contributed by atoms with Crippen molar-refractivity contribution in [3.05, 3.63) is 47.0 Å². The lowest BCUT2D eigenvalue weighted by Gasteiger charge is -2.07. The third-order valence-electron chi connectivity index (χ3n) is 2.47. The number of carbonyl (C=O) groups excluding carboxylic acids is 1. The molecule has 2 rings (SSSR count). The van der Waals surface area contributed by atoms with Crippen LogP contribution in [0.25, 0.3) is 0 Å². The van der Waals surface area contributed by atoms with E-state index in [0.29, 0.717) is 28.5 Å². The third-order valence-corrected chi connectivity index (χ3v) is 2.80. The van der Waals surface area contributed by atoms with Crippen LogP contribution in [0.4, 0.5) is 5.69 Å². The summed E-state index contributed by atoms with van der Waals surface area (Å²) in [6.45, 7) is 1.94. The predicted octanol–water partition coefficient (Wildman–Crippen LogP) is 2.37. The maximum atomic E-state index is 12.2. The smallest absolute Gasteiger partial charge is 0.264 e. The Bertz CT molecular complexity index is 563. The number of carbonyl (C=O) groups is 1. The minimum Gasteiger partial charge on any atom is -0.399 e. The Morgan fingerprint density at radius 1 is 1.53 bits per heavy atom. The van der Waals surface area contributed by atoms with Gasteiger partial charge in [0.25, 0.3) is 5.91 Å². The second-order valence-electron chi connectivity index (χ2n) is 3.61. The van der Waals surface area contributed by atoms with Gasteiger partial charge in [-0.25, -0.2) is 4.98 Å². The molecule has 0 bridgehead atoms. The first-order chi connectivity index (χ1) is 8.13. The molecule has 17 heavy (non-hydrogen) atoms. The third kappa shape index (κ3) is 2.17. The van der Waals surface area contributed by atoms with Crippen LogP contribution in [0.5, 0.6) is 0 Å². The van der Waals surface area contributed by atoms with Crippen LogP contribution in [0, 0.1) is 0 Å². The molecule has 1 aromatic heterocycles. The van der Waals surface area contributed by atoms with E-state index in [0.717, 1.165) is 0 Å². The molecule has 0 aliphatic heterocycles. The van der Waals surface area contributed by atoms with Gasteiger partial charge in [-0.1, -0.05) is 18.5 Å². The van der Waals surface area contributed by atoms with Gasteiger partial charge in [-0.15, -0.1) is 0 Å². The summed E-state index contributed by atoms with van der Waals surface area (Å²) < 4.78 is 1.49. The van der Waals surface area contributed by atoms with Crippen LogP contribution in [0.2, 0.25) is 5.02 Å². The van der Waals surface area contributed by atoms with E-state index in [1.165, 1.54) is 4.57 Å². The van der Waals surface area contributed by atoms with Crippen LogP contribution in [0.15, 0.2) is 30.6 Å². The summed E-state index contributed by atoms with van der Waals surface area (Å²) in [4.78, 5) is 16.3. The zero-order valence-electron chi connectivity index (χ0n) is 9.35. The van der Waals surface area contributed by atoms with Crippen molar-refractivity contribution < 1.29 is 4.79 Å². The first-order valence-corrected chi connectivity index (χ1v) is 5.63. The lowest BCUT2D eigenvalue weighted by molar-refractivity contribution is 0.0957. The largest absolute Gasteiger partial charge is 0.399 e. The average molecular weight is 250 g/mol. The molecule has 0 radical (unpaired) electrons. The number of hydrogen-bond acceptors (Lipinski definition) is 3. The summed E-state index contributed by atoms with van der Waals surface area (Å²) >= 11 is 5.99. The van der Waals surface area contributed by atoms with Crippen LogP contribution in [0.3, 0.4) is 0 Å². The fourth-order valence-corrected chi connectivity index (χ4v) is 1.82. The summed E-state index contributed by atoms with van der Waals surface area (Å²) in [7, 11) is 0. The van der Waals surface area contributed by atoms with Crippen LogP contribution < -0.4 is 5.73 Å². The zero-order valence-corrected chi connectivity index (χ0v) is 10.1. The highest BCUT2D eigenvalue weighted by atomic mass is 35.5. The van der Waals surface area contributed by atoms with Crippen LogP contribution in [-0.4, -0.2) is 15.5 Å². The molecule has 2 aromatic rings. The van der Waals surface area contributed by atoms with Gasteiger partial charge in [-0.3, -0.25) is 9.36 Å². The lowest BCUT2D eigenvalue weighted by atomic mass is 10.2. The van der Waals surface area contributed by atoms with E-state index in [-0.39, 0.29) is 5.91 Å². The lowest BCUT2D eigenvalue weighted by Crippen LogP contribution is -2.15. The molecule has 0 unspecified atom stereocenters. The summed E-state index contributed by atoms with van der Waals surface area (Å²) in [6, 6.07) is 4.85. The number of aryl methyl sites for hydroxylation is 1. The summed E-state index contributed by atoms with van der Waals surface area (Å²) in [5.41, 5.74) is 6.55. The highest BCUT2D eigenvalue weighted by Crippen LogP contribution is 2.20. The van der Waals surface area contributed by atoms with Crippen molar-refractivity contribution in [1.29, 1.82) is 0 Å². The number of nitrogens with two attached hydrogens (primary N) is 1. The Morgan fingerprint density at radius 2 is 2.29 bits per heavy atom. The highest BCUT2D eigenvalue weighted by molar-refractivity contribution is 6.34. The average Bonchev–Trinajstić information content (AvgIpc) is 2.79. The number of benzene rings is 1. The summed E-state index contributed by atoms with van der Waals surface area (Å²) in [5.74, 6) is 0.491. The van der Waals surface area contributed by atoms with Gasteiger partial charge in [0.05, 0.1) is 10.6 Å². The highest BCUT2D eigenvalue weighted by Gasteiger charge is 2.15. The Labute approximate surface area is 104 Å². The van der Waals surface area contributed by atoms with Crippen molar-refractivity contribution in [2.24, 2.45) is 0 Å². The van der Waals surface area contributed by atoms with Gasteiger partial charge in [0.2, 0.25) is 0 Å². The second-order valence-corrected chi connectivity index (χ2v) is 4.02. The monoisotopic (exact) mass is 249 g/mol. The van der Waals surface area contributed by atoms with E-state index in [2.05, 4.69) is 4.98 Å². The predicted molar refractivity (Wildman–Crippen MR) is 67.2 cm³/mol. The molecule has 0 amide bonds. The molecular weight excluding hydrogens is 238 g/mol. The number of imidazole rings is 1. The number of nitrogen functional groups attached to an aromatic ring is 1. The van der Waals surface area contributed by atoms with Gasteiger partial charge < -0.3 is 5.73 Å². The van der Waals surface area contributed by atoms with Crippen LogP contribution in [-0.2, 0) is 6.42 Å². The molecule has 0 saturated carbocycles. The molecule has 2 N–H and O–H groups in total. The number of aromatic nitrogens is 2. The SMILES string of the molecule is CCc1nccn1C(=O)c1cc(N)ccc1Cl. The minimum atomic E-state index is -0.211. The first kappa shape index (κ1) is 11.7. The second kappa shape index (κ2) is 4.59. The standard InChI is InChI=1S/C12H12ClN3O/c1-2-11-15-5-6-16(11)12(17)9-7-8(14)3-4-10(9)13/h3-7H,2,14H2,1H3. The summed E-state index contributed by atoms with van der Waals surface area (Å²) in [6.07, 6.45) is 3.90. The summed E-state index contributed by atoms with van der Waals surface area (Å²) in [5, 5.41) is 0.389. The molecule has 1 heterocycles. The van der Waals surface area contributed by atoms with E-state index >= 15 is 0 Å². The molecule has 5 heteroatoms. The zero-order chi connectivity index (χ0) is 12.4. The van der Waals surface area contributed by atoms with Gasteiger partial charge >= 0.3 is 0 Å². The number of hydrogen-bond donors (Lipinski definition) is 1. The van der Waals surface area contributed by atoms with E-state index in [1.807, 2.05) is 6.92 Å². The van der Waals surface area contributed by atoms with Crippen molar-refractivity contribution in [1.82, 2.24) is 9.55 Å². The number of nitrogens with zero attached hydrogens (tertiary/aromatic N) is 2. The van der Waals surface area contributed by atoms with E-state index in [1.54, 1.807) is 30.6 Å². The molecule has 0 atom stereocenters. The quantitative estimate of drug-likeness (QED) is 0.832.